The van der Waals surface area contributed by atoms with Gasteiger partial charge in [0.15, 0.2) is 0 Å². The third kappa shape index (κ3) is 5.53. The summed E-state index contributed by atoms with van der Waals surface area (Å²) in [7, 11) is 0. The number of nitrogens with one attached hydrogen (secondary N) is 1. The lowest BCUT2D eigenvalue weighted by Gasteiger charge is -2.23. The second-order valence-electron chi connectivity index (χ2n) is 3.85. The molecule has 0 aliphatic carbocycles. The molecule has 0 fully saturated rings. The second kappa shape index (κ2) is 6.83. The predicted octanol–water partition coefficient (Wildman–Crippen LogP) is 0.962. The number of thiazole rings is 1. The summed E-state index contributed by atoms with van der Waals surface area (Å²) < 4.78 is 36.6. The first kappa shape index (κ1) is 15.9. The third-order valence-electron chi connectivity index (χ3n) is 2.36. The van der Waals surface area contributed by atoms with Crippen LogP contribution in [0.2, 0.25) is 0 Å². The summed E-state index contributed by atoms with van der Waals surface area (Å²) in [6.45, 7) is -0.354. The van der Waals surface area contributed by atoms with Crippen molar-refractivity contribution in [2.75, 3.05) is 6.54 Å². The average Bonchev–Trinajstić information content (AvgIpc) is 2.85. The number of nitrogens with two attached hydrogens (primary N) is 1. The maximum absolute atomic E-state index is 12.2. The zero-order chi connectivity index (χ0) is 14.5. The number of rotatable bonds is 6. The van der Waals surface area contributed by atoms with Crippen molar-refractivity contribution in [1.82, 2.24) is 10.3 Å². The van der Waals surface area contributed by atoms with Gasteiger partial charge in [-0.3, -0.25) is 4.79 Å². The van der Waals surface area contributed by atoms with Crippen LogP contribution in [0.25, 0.3) is 0 Å². The third-order valence-corrected chi connectivity index (χ3v) is 3.20. The molecular formula is C10H14F3N3O2S. The summed E-state index contributed by atoms with van der Waals surface area (Å²) in [6, 6.07) is -1.07. The van der Waals surface area contributed by atoms with E-state index in [0.717, 1.165) is 11.3 Å². The van der Waals surface area contributed by atoms with E-state index in [9.17, 15) is 23.1 Å². The molecule has 108 valence electrons. The van der Waals surface area contributed by atoms with Gasteiger partial charge in [0.05, 0.1) is 12.6 Å². The van der Waals surface area contributed by atoms with Gasteiger partial charge in [-0.15, -0.1) is 11.3 Å². The Morgan fingerprint density at radius 2 is 2.26 bits per heavy atom. The van der Waals surface area contributed by atoms with Crippen LogP contribution in [0, 0.1) is 0 Å². The summed E-state index contributed by atoms with van der Waals surface area (Å²) in [5.74, 6) is -0.622. The molecule has 5 nitrogen and oxygen atoms in total. The van der Waals surface area contributed by atoms with E-state index in [2.05, 4.69) is 10.3 Å². The normalized spacial score (nSPS) is 15.0. The lowest BCUT2D eigenvalue weighted by Crippen LogP contribution is -2.42. The van der Waals surface area contributed by atoms with Crippen molar-refractivity contribution < 1.29 is 23.1 Å². The van der Waals surface area contributed by atoms with Crippen LogP contribution in [-0.2, 0) is 4.79 Å². The summed E-state index contributed by atoms with van der Waals surface area (Å²) in [5.41, 5.74) is 5.09. The van der Waals surface area contributed by atoms with Crippen molar-refractivity contribution in [3.05, 3.63) is 16.6 Å². The van der Waals surface area contributed by atoms with E-state index >= 15 is 0 Å². The molecule has 1 aromatic heterocycles. The van der Waals surface area contributed by atoms with Crippen molar-refractivity contribution in [2.45, 2.75) is 31.2 Å². The van der Waals surface area contributed by atoms with Gasteiger partial charge < -0.3 is 16.2 Å². The van der Waals surface area contributed by atoms with Gasteiger partial charge in [0, 0.05) is 18.0 Å². The van der Waals surface area contributed by atoms with Gasteiger partial charge in [0.2, 0.25) is 5.91 Å². The number of carbonyl (C=O) groups is 1. The van der Waals surface area contributed by atoms with Crippen molar-refractivity contribution in [2.24, 2.45) is 5.73 Å². The van der Waals surface area contributed by atoms with E-state index in [1.54, 1.807) is 5.38 Å². The standard InChI is InChI=1S/C10H14F3N3O2S/c11-10(12,13)2-1-6(16-7(17)5-14)8(18)9-15-3-4-19-9/h3-4,6,8,18H,1-2,5,14H2,(H,16,17). The molecule has 1 amide bonds. The summed E-state index contributed by atoms with van der Waals surface area (Å²) in [4.78, 5) is 15.0. The van der Waals surface area contributed by atoms with Crippen molar-refractivity contribution >= 4 is 17.2 Å². The molecule has 0 aliphatic rings. The minimum atomic E-state index is -4.35. The Kier molecular flexibility index (Phi) is 5.70. The molecule has 1 heterocycles. The number of aliphatic hydroxyl groups is 1. The zero-order valence-electron chi connectivity index (χ0n) is 9.85. The molecule has 9 heteroatoms. The Bertz CT molecular complexity index is 397. The Balaban J connectivity index is 2.71. The number of aliphatic hydroxyl groups excluding tert-OH is 1. The fourth-order valence-corrected chi connectivity index (χ4v) is 2.13. The number of amides is 1. The molecule has 2 atom stereocenters. The van der Waals surface area contributed by atoms with Gasteiger partial charge >= 0.3 is 6.18 Å². The molecular weight excluding hydrogens is 283 g/mol. The maximum Gasteiger partial charge on any atom is 0.389 e. The molecule has 0 radical (unpaired) electrons. The molecule has 0 spiro atoms. The molecule has 0 bridgehead atoms. The Morgan fingerprint density at radius 3 is 2.74 bits per heavy atom. The van der Waals surface area contributed by atoms with Crippen LogP contribution in [0.1, 0.15) is 24.0 Å². The maximum atomic E-state index is 12.2. The van der Waals surface area contributed by atoms with E-state index in [1.807, 2.05) is 0 Å². The minimum absolute atomic E-state index is 0.254. The van der Waals surface area contributed by atoms with Crippen LogP contribution in [0.5, 0.6) is 0 Å². The highest BCUT2D eigenvalue weighted by molar-refractivity contribution is 7.09. The molecule has 4 N–H and O–H groups in total. The highest BCUT2D eigenvalue weighted by Crippen LogP contribution is 2.27. The van der Waals surface area contributed by atoms with E-state index in [0.29, 0.717) is 0 Å². The monoisotopic (exact) mass is 297 g/mol. The fourth-order valence-electron chi connectivity index (χ4n) is 1.45. The topological polar surface area (TPSA) is 88.2 Å². The van der Waals surface area contributed by atoms with E-state index in [4.69, 9.17) is 5.73 Å². The Labute approximate surface area is 111 Å². The molecule has 0 saturated carbocycles. The van der Waals surface area contributed by atoms with E-state index in [1.165, 1.54) is 6.20 Å². The first-order chi connectivity index (χ1) is 8.83. The molecule has 1 aromatic rings. The molecule has 1 rings (SSSR count). The lowest BCUT2D eigenvalue weighted by atomic mass is 10.1. The Hall–Kier alpha value is -1.19. The number of alkyl halides is 3. The smallest absolute Gasteiger partial charge is 0.384 e. The molecule has 0 saturated heterocycles. The first-order valence-electron chi connectivity index (χ1n) is 5.47. The van der Waals surface area contributed by atoms with Crippen LogP contribution in [-0.4, -0.2) is 34.8 Å². The average molecular weight is 297 g/mol. The number of hydrogen-bond acceptors (Lipinski definition) is 5. The SMILES string of the molecule is NCC(=O)NC(CCC(F)(F)F)C(O)c1nccs1. The second-order valence-corrected chi connectivity index (χ2v) is 4.77. The van der Waals surface area contributed by atoms with Gasteiger partial charge in [0.25, 0.3) is 0 Å². The zero-order valence-corrected chi connectivity index (χ0v) is 10.7. The molecule has 2 unspecified atom stereocenters. The van der Waals surface area contributed by atoms with Crippen molar-refractivity contribution in [1.29, 1.82) is 0 Å². The van der Waals surface area contributed by atoms with Crippen LogP contribution < -0.4 is 11.1 Å². The van der Waals surface area contributed by atoms with Crippen molar-refractivity contribution in [3.63, 3.8) is 0 Å². The highest BCUT2D eigenvalue weighted by atomic mass is 32.1. The van der Waals surface area contributed by atoms with Crippen molar-refractivity contribution in [3.8, 4) is 0 Å². The number of halogens is 3. The predicted molar refractivity (Wildman–Crippen MR) is 63.3 cm³/mol. The van der Waals surface area contributed by atoms with E-state index < -0.39 is 37.1 Å². The van der Waals surface area contributed by atoms with Gasteiger partial charge in [-0.25, -0.2) is 4.98 Å². The molecule has 0 aliphatic heterocycles. The number of nitrogens with zero attached hydrogens (tertiary/aromatic N) is 1. The van der Waals surface area contributed by atoms with Gasteiger partial charge in [0.1, 0.15) is 11.1 Å². The quantitative estimate of drug-likeness (QED) is 0.730. The first-order valence-corrected chi connectivity index (χ1v) is 6.35. The number of hydrogen-bond donors (Lipinski definition) is 3. The minimum Gasteiger partial charge on any atom is -0.384 e. The number of aromatic nitrogens is 1. The lowest BCUT2D eigenvalue weighted by molar-refractivity contribution is -0.139. The van der Waals surface area contributed by atoms with Crippen LogP contribution in [0.3, 0.4) is 0 Å². The van der Waals surface area contributed by atoms with E-state index in [-0.39, 0.29) is 11.6 Å². The largest absolute Gasteiger partial charge is 0.389 e. The number of carbonyl (C=O) groups excluding carboxylic acids is 1. The molecule has 0 aromatic carbocycles. The molecule has 19 heavy (non-hydrogen) atoms. The van der Waals surface area contributed by atoms with Gasteiger partial charge in [-0.05, 0) is 6.42 Å². The van der Waals surface area contributed by atoms with Crippen LogP contribution in [0.4, 0.5) is 13.2 Å². The van der Waals surface area contributed by atoms with Crippen LogP contribution >= 0.6 is 11.3 Å². The summed E-state index contributed by atoms with van der Waals surface area (Å²) in [6.07, 6.45) is -5.75. The fraction of sp³-hybridized carbons (Fsp3) is 0.600. The van der Waals surface area contributed by atoms with Gasteiger partial charge in [-0.1, -0.05) is 0 Å². The summed E-state index contributed by atoms with van der Waals surface area (Å²) in [5, 5.41) is 14.1. The summed E-state index contributed by atoms with van der Waals surface area (Å²) >= 11 is 1.10. The van der Waals surface area contributed by atoms with Crippen LogP contribution in [0.15, 0.2) is 11.6 Å². The Morgan fingerprint density at radius 1 is 1.58 bits per heavy atom. The van der Waals surface area contributed by atoms with Gasteiger partial charge in [-0.2, -0.15) is 13.2 Å². The highest BCUT2D eigenvalue weighted by Gasteiger charge is 2.32.